The Morgan fingerprint density at radius 1 is 1.38 bits per heavy atom. The van der Waals surface area contributed by atoms with Gasteiger partial charge in [0.1, 0.15) is 5.75 Å². The van der Waals surface area contributed by atoms with Crippen LogP contribution in [0.3, 0.4) is 0 Å². The summed E-state index contributed by atoms with van der Waals surface area (Å²) in [5.41, 5.74) is 6.36. The molecule has 3 rings (SSSR count). The Morgan fingerprint density at radius 2 is 2.29 bits per heavy atom. The molecule has 0 atom stereocenters. The van der Waals surface area contributed by atoms with Crippen molar-refractivity contribution in [1.82, 2.24) is 10.4 Å². The van der Waals surface area contributed by atoms with Gasteiger partial charge in [-0.25, -0.2) is 4.98 Å². The first-order valence-corrected chi connectivity index (χ1v) is 8.09. The molecular formula is C14H13N3O2S2. The highest BCUT2D eigenvalue weighted by Gasteiger charge is 2.08. The average molecular weight is 319 g/mol. The summed E-state index contributed by atoms with van der Waals surface area (Å²) in [5.74, 6) is 0.655. The van der Waals surface area contributed by atoms with E-state index in [1.54, 1.807) is 6.07 Å². The summed E-state index contributed by atoms with van der Waals surface area (Å²) < 4.78 is 6.47. The molecule has 2 N–H and O–H groups in total. The maximum Gasteiger partial charge on any atom is 0.279 e. The summed E-state index contributed by atoms with van der Waals surface area (Å²) in [6, 6.07) is 9.35. The smallest absolute Gasteiger partial charge is 0.279 e. The number of hydrogen-bond acceptors (Lipinski definition) is 6. The molecule has 5 nitrogen and oxygen atoms in total. The zero-order valence-electron chi connectivity index (χ0n) is 11.3. The van der Waals surface area contributed by atoms with Crippen LogP contribution in [0.1, 0.15) is 16.6 Å². The molecule has 0 aliphatic carbocycles. The fourth-order valence-corrected chi connectivity index (χ4v) is 3.26. The summed E-state index contributed by atoms with van der Waals surface area (Å²) in [4.78, 5) is 16.9. The lowest BCUT2D eigenvalue weighted by molar-refractivity contribution is 0.0966. The van der Waals surface area contributed by atoms with Crippen LogP contribution < -0.4 is 15.6 Å². The van der Waals surface area contributed by atoms with E-state index in [9.17, 15) is 4.79 Å². The Kier molecular flexibility index (Phi) is 4.03. The van der Waals surface area contributed by atoms with Gasteiger partial charge in [-0.1, -0.05) is 17.4 Å². The summed E-state index contributed by atoms with van der Waals surface area (Å²) in [7, 11) is 0. The molecule has 0 saturated heterocycles. The number of nitrogens with one attached hydrogen (secondary N) is 2. The molecule has 1 amide bonds. The molecule has 0 radical (unpaired) electrons. The number of ether oxygens (including phenoxy) is 1. The molecule has 108 valence electrons. The van der Waals surface area contributed by atoms with Gasteiger partial charge in [0.2, 0.25) is 5.13 Å². The minimum Gasteiger partial charge on any atom is -0.494 e. The van der Waals surface area contributed by atoms with E-state index >= 15 is 0 Å². The number of benzene rings is 1. The highest BCUT2D eigenvalue weighted by Crippen LogP contribution is 2.28. The Hall–Kier alpha value is -2.12. The van der Waals surface area contributed by atoms with Crippen molar-refractivity contribution >= 4 is 43.9 Å². The number of thiazole rings is 1. The molecule has 0 unspecified atom stereocenters. The molecule has 7 heteroatoms. The van der Waals surface area contributed by atoms with Crippen LogP contribution >= 0.6 is 22.7 Å². The largest absolute Gasteiger partial charge is 0.494 e. The van der Waals surface area contributed by atoms with Gasteiger partial charge in [-0.15, -0.1) is 11.3 Å². The average Bonchev–Trinajstić information content (AvgIpc) is 3.13. The van der Waals surface area contributed by atoms with Crippen LogP contribution in [0.2, 0.25) is 0 Å². The highest BCUT2D eigenvalue weighted by molar-refractivity contribution is 7.22. The third-order valence-electron chi connectivity index (χ3n) is 2.70. The molecule has 0 aliphatic rings. The zero-order valence-corrected chi connectivity index (χ0v) is 12.9. The Morgan fingerprint density at radius 3 is 3.05 bits per heavy atom. The molecule has 2 heterocycles. The minimum absolute atomic E-state index is 0.167. The van der Waals surface area contributed by atoms with Gasteiger partial charge in [0.25, 0.3) is 5.91 Å². The minimum atomic E-state index is -0.167. The lowest BCUT2D eigenvalue weighted by Gasteiger charge is -2.02. The van der Waals surface area contributed by atoms with Crippen molar-refractivity contribution in [2.24, 2.45) is 0 Å². The van der Waals surface area contributed by atoms with E-state index in [1.807, 2.05) is 36.6 Å². The number of carbonyl (C=O) groups excluding carboxylic acids is 1. The summed E-state index contributed by atoms with van der Waals surface area (Å²) >= 11 is 2.86. The first kappa shape index (κ1) is 13.8. The van der Waals surface area contributed by atoms with Crippen molar-refractivity contribution in [1.29, 1.82) is 0 Å². The summed E-state index contributed by atoms with van der Waals surface area (Å²) in [5, 5.41) is 2.51. The second kappa shape index (κ2) is 6.11. The predicted octanol–water partition coefficient (Wildman–Crippen LogP) is 3.51. The summed E-state index contributed by atoms with van der Waals surface area (Å²) in [6.07, 6.45) is 0. The number of amides is 1. The number of fused-ring (bicyclic) bond motifs is 1. The number of nitrogens with zero attached hydrogens (tertiary/aromatic N) is 1. The first-order valence-electron chi connectivity index (χ1n) is 6.39. The summed E-state index contributed by atoms with van der Waals surface area (Å²) in [6.45, 7) is 2.58. The fraction of sp³-hybridized carbons (Fsp3) is 0.143. The van der Waals surface area contributed by atoms with E-state index in [4.69, 9.17) is 4.74 Å². The van der Waals surface area contributed by atoms with Crippen molar-refractivity contribution in [2.45, 2.75) is 6.92 Å². The highest BCUT2D eigenvalue weighted by atomic mass is 32.1. The monoisotopic (exact) mass is 319 g/mol. The van der Waals surface area contributed by atoms with Gasteiger partial charge in [-0.2, -0.15) is 0 Å². The molecule has 0 fully saturated rings. The number of thiophene rings is 1. The van der Waals surface area contributed by atoms with Gasteiger partial charge < -0.3 is 4.74 Å². The van der Waals surface area contributed by atoms with Crippen molar-refractivity contribution in [3.05, 3.63) is 40.6 Å². The van der Waals surface area contributed by atoms with E-state index < -0.39 is 0 Å². The molecule has 3 aromatic rings. The van der Waals surface area contributed by atoms with Crippen LogP contribution in [0.4, 0.5) is 5.13 Å². The molecule has 21 heavy (non-hydrogen) atoms. The second-order valence-electron chi connectivity index (χ2n) is 4.14. The van der Waals surface area contributed by atoms with Gasteiger partial charge in [-0.3, -0.25) is 15.6 Å². The van der Waals surface area contributed by atoms with Gasteiger partial charge in [0, 0.05) is 0 Å². The lowest BCUT2D eigenvalue weighted by atomic mass is 10.3. The standard InChI is InChI=1S/C14H13N3O2S2/c1-2-19-9-5-6-10-12(8-9)21-14(15-10)17-16-13(18)11-4-3-7-20-11/h3-8H,2H2,1H3,(H,15,17)(H,16,18). The SMILES string of the molecule is CCOc1ccc2nc(NNC(=O)c3cccs3)sc2c1. The number of rotatable bonds is 5. The van der Waals surface area contributed by atoms with Gasteiger partial charge >= 0.3 is 0 Å². The van der Waals surface area contributed by atoms with Crippen molar-refractivity contribution in [2.75, 3.05) is 12.0 Å². The van der Waals surface area contributed by atoms with Gasteiger partial charge in [-0.05, 0) is 36.6 Å². The predicted molar refractivity (Wildman–Crippen MR) is 86.2 cm³/mol. The van der Waals surface area contributed by atoms with E-state index in [-0.39, 0.29) is 5.91 Å². The van der Waals surface area contributed by atoms with Crippen LogP contribution in [-0.2, 0) is 0 Å². The second-order valence-corrected chi connectivity index (χ2v) is 6.12. The van der Waals surface area contributed by atoms with Crippen LogP contribution in [0, 0.1) is 0 Å². The van der Waals surface area contributed by atoms with Gasteiger partial charge in [0.15, 0.2) is 0 Å². The normalized spacial score (nSPS) is 10.5. The first-order chi connectivity index (χ1) is 10.3. The maximum atomic E-state index is 11.8. The van der Waals surface area contributed by atoms with Crippen LogP contribution in [0.5, 0.6) is 5.75 Å². The Labute approximate surface area is 129 Å². The number of carbonyl (C=O) groups is 1. The van der Waals surface area contributed by atoms with Crippen molar-refractivity contribution in [3.63, 3.8) is 0 Å². The number of hydrazine groups is 1. The fourth-order valence-electron chi connectivity index (χ4n) is 1.79. The Balaban J connectivity index is 1.71. The molecule has 0 saturated carbocycles. The third kappa shape index (κ3) is 3.14. The number of aromatic nitrogens is 1. The maximum absolute atomic E-state index is 11.8. The van der Waals surface area contributed by atoms with Crippen molar-refractivity contribution < 1.29 is 9.53 Å². The molecule has 2 aromatic heterocycles. The van der Waals surface area contributed by atoms with E-state index in [1.165, 1.54) is 22.7 Å². The third-order valence-corrected chi connectivity index (χ3v) is 4.50. The van der Waals surface area contributed by atoms with Crippen LogP contribution in [0.25, 0.3) is 10.2 Å². The molecule has 1 aromatic carbocycles. The van der Waals surface area contributed by atoms with Crippen LogP contribution in [-0.4, -0.2) is 17.5 Å². The zero-order chi connectivity index (χ0) is 14.7. The molecular weight excluding hydrogens is 306 g/mol. The van der Waals surface area contributed by atoms with Gasteiger partial charge in [0.05, 0.1) is 21.7 Å². The molecule has 0 spiro atoms. The quantitative estimate of drug-likeness (QED) is 0.706. The Bertz CT molecular complexity index is 753. The van der Waals surface area contributed by atoms with Crippen molar-refractivity contribution in [3.8, 4) is 5.75 Å². The lowest BCUT2D eigenvalue weighted by Crippen LogP contribution is -2.28. The molecule has 0 bridgehead atoms. The van der Waals surface area contributed by atoms with E-state index in [0.717, 1.165) is 16.0 Å². The number of anilines is 1. The van der Waals surface area contributed by atoms with Crippen LogP contribution in [0.15, 0.2) is 35.7 Å². The molecule has 0 aliphatic heterocycles. The topological polar surface area (TPSA) is 63.2 Å². The van der Waals surface area contributed by atoms with E-state index in [0.29, 0.717) is 16.6 Å². The number of hydrogen-bond donors (Lipinski definition) is 2. The van der Waals surface area contributed by atoms with E-state index in [2.05, 4.69) is 15.8 Å².